The Morgan fingerprint density at radius 1 is 1.50 bits per heavy atom. The highest BCUT2D eigenvalue weighted by Gasteiger charge is 2.11. The maximum Gasteiger partial charge on any atom is 0.0674 e. The van der Waals surface area contributed by atoms with Crippen LogP contribution in [0.25, 0.3) is 0 Å². The number of rotatable bonds is 0. The topological polar surface area (TPSA) is 32.7 Å². The van der Waals surface area contributed by atoms with E-state index in [1.54, 1.807) is 0 Å². The molecule has 0 saturated carbocycles. The lowest BCUT2D eigenvalue weighted by atomic mass is 10.3. The van der Waals surface area contributed by atoms with Gasteiger partial charge in [0, 0.05) is 20.2 Å². The van der Waals surface area contributed by atoms with E-state index in [2.05, 4.69) is 18.9 Å². The molecule has 0 aromatic rings. The third-order valence-corrected chi connectivity index (χ3v) is 1.44. The molecule has 10 heavy (non-hydrogen) atoms. The Hall–Kier alpha value is -0.120. The van der Waals surface area contributed by atoms with Crippen molar-refractivity contribution in [3.63, 3.8) is 0 Å². The number of hydrogen-bond acceptors (Lipinski definition) is 3. The Kier molecular flexibility index (Phi) is 5.58. The van der Waals surface area contributed by atoms with Crippen molar-refractivity contribution in [3.05, 3.63) is 0 Å². The van der Waals surface area contributed by atoms with E-state index >= 15 is 0 Å². The molecular weight excluding hydrogens is 130 g/mol. The zero-order valence-electron chi connectivity index (χ0n) is 7.00. The number of hydrogen-bond donors (Lipinski definition) is 1. The lowest BCUT2D eigenvalue weighted by molar-refractivity contribution is -0.00861. The lowest BCUT2D eigenvalue weighted by Gasteiger charge is -2.27. The first-order valence-electron chi connectivity index (χ1n) is 3.54. The standard InChI is InChI=1S/C6H13NO.CH4O/c1-6-5-7(2)3-4-8-6;1-2/h6H,3-5H2,1-2H3;2H,1H3. The molecule has 3 nitrogen and oxygen atoms in total. The number of aliphatic hydroxyl groups excluding tert-OH is 1. The van der Waals surface area contributed by atoms with Crippen LogP contribution in [-0.2, 0) is 4.74 Å². The predicted molar refractivity (Wildman–Crippen MR) is 41.1 cm³/mol. The van der Waals surface area contributed by atoms with E-state index in [0.29, 0.717) is 6.10 Å². The zero-order valence-corrected chi connectivity index (χ0v) is 7.00. The molecule has 0 amide bonds. The minimum absolute atomic E-state index is 0.439. The Labute approximate surface area is 62.6 Å². The zero-order chi connectivity index (χ0) is 7.98. The molecule has 0 aliphatic carbocycles. The second-order valence-corrected chi connectivity index (χ2v) is 2.44. The second-order valence-electron chi connectivity index (χ2n) is 2.44. The van der Waals surface area contributed by atoms with E-state index in [-0.39, 0.29) is 0 Å². The highest BCUT2D eigenvalue weighted by molar-refractivity contribution is 4.62. The van der Waals surface area contributed by atoms with Crippen molar-refractivity contribution < 1.29 is 9.84 Å². The van der Waals surface area contributed by atoms with Gasteiger partial charge in [-0.25, -0.2) is 0 Å². The average Bonchev–Trinajstić information content (AvgIpc) is 1.91. The largest absolute Gasteiger partial charge is 0.400 e. The fourth-order valence-electron chi connectivity index (χ4n) is 0.993. The van der Waals surface area contributed by atoms with E-state index in [4.69, 9.17) is 9.84 Å². The van der Waals surface area contributed by atoms with Gasteiger partial charge in [-0.15, -0.1) is 0 Å². The highest BCUT2D eigenvalue weighted by Crippen LogP contribution is 1.99. The molecule has 3 heteroatoms. The first-order chi connectivity index (χ1) is 4.79. The van der Waals surface area contributed by atoms with Gasteiger partial charge in [-0.1, -0.05) is 0 Å². The van der Waals surface area contributed by atoms with Crippen LogP contribution in [0.1, 0.15) is 6.92 Å². The molecule has 0 spiro atoms. The molecule has 1 heterocycles. The third kappa shape index (κ3) is 3.82. The van der Waals surface area contributed by atoms with Crippen molar-refractivity contribution in [3.8, 4) is 0 Å². The number of morpholine rings is 1. The molecule has 1 rings (SSSR count). The van der Waals surface area contributed by atoms with Gasteiger partial charge >= 0.3 is 0 Å². The van der Waals surface area contributed by atoms with Gasteiger partial charge in [0.25, 0.3) is 0 Å². The van der Waals surface area contributed by atoms with Crippen LogP contribution in [0.2, 0.25) is 0 Å². The summed E-state index contributed by atoms with van der Waals surface area (Å²) in [4.78, 5) is 2.29. The van der Waals surface area contributed by atoms with Crippen LogP contribution in [0, 0.1) is 0 Å². The molecule has 0 aromatic heterocycles. The van der Waals surface area contributed by atoms with Gasteiger partial charge < -0.3 is 14.7 Å². The molecule has 1 aliphatic heterocycles. The van der Waals surface area contributed by atoms with Crippen LogP contribution in [-0.4, -0.2) is 50.0 Å². The molecule has 62 valence electrons. The van der Waals surface area contributed by atoms with Gasteiger partial charge in [-0.3, -0.25) is 0 Å². The van der Waals surface area contributed by atoms with Crippen LogP contribution in [0.5, 0.6) is 0 Å². The van der Waals surface area contributed by atoms with Crippen molar-refractivity contribution in [2.24, 2.45) is 0 Å². The van der Waals surface area contributed by atoms with Crippen molar-refractivity contribution in [2.75, 3.05) is 33.9 Å². The predicted octanol–water partition coefficient (Wildman–Crippen LogP) is -0.0546. The molecule has 1 atom stereocenters. The molecule has 1 N–H and O–H groups in total. The molecule has 0 radical (unpaired) electrons. The SMILES string of the molecule is CC1CN(C)CCO1.CO. The van der Waals surface area contributed by atoms with E-state index in [9.17, 15) is 0 Å². The summed E-state index contributed by atoms with van der Waals surface area (Å²) in [6.45, 7) is 5.18. The summed E-state index contributed by atoms with van der Waals surface area (Å²) in [6, 6.07) is 0. The summed E-state index contributed by atoms with van der Waals surface area (Å²) in [5, 5.41) is 7.00. The molecular formula is C7H17NO2. The fraction of sp³-hybridized carbons (Fsp3) is 1.00. The fourth-order valence-corrected chi connectivity index (χ4v) is 0.993. The molecule has 0 bridgehead atoms. The summed E-state index contributed by atoms with van der Waals surface area (Å²) in [5.74, 6) is 0. The Balaban J connectivity index is 0.000000371. The van der Waals surface area contributed by atoms with Gasteiger partial charge in [0.05, 0.1) is 12.7 Å². The van der Waals surface area contributed by atoms with Crippen LogP contribution in [0.15, 0.2) is 0 Å². The summed E-state index contributed by atoms with van der Waals surface area (Å²) < 4.78 is 5.31. The summed E-state index contributed by atoms with van der Waals surface area (Å²) in [5.41, 5.74) is 0. The molecule has 1 fully saturated rings. The average molecular weight is 147 g/mol. The van der Waals surface area contributed by atoms with E-state index < -0.39 is 0 Å². The van der Waals surface area contributed by atoms with Crippen molar-refractivity contribution in [2.45, 2.75) is 13.0 Å². The monoisotopic (exact) mass is 147 g/mol. The van der Waals surface area contributed by atoms with Gasteiger partial charge in [0.15, 0.2) is 0 Å². The number of likely N-dealkylation sites (N-methyl/N-ethyl adjacent to an activating group) is 1. The van der Waals surface area contributed by atoms with Crippen molar-refractivity contribution in [1.29, 1.82) is 0 Å². The van der Waals surface area contributed by atoms with Gasteiger partial charge in [0.1, 0.15) is 0 Å². The minimum atomic E-state index is 0.439. The normalized spacial score (nSPS) is 27.0. The Morgan fingerprint density at radius 2 is 2.10 bits per heavy atom. The lowest BCUT2D eigenvalue weighted by Crippen LogP contribution is -2.38. The third-order valence-electron chi connectivity index (χ3n) is 1.44. The molecule has 1 unspecified atom stereocenters. The van der Waals surface area contributed by atoms with Gasteiger partial charge in [-0.05, 0) is 14.0 Å². The Morgan fingerprint density at radius 3 is 2.40 bits per heavy atom. The molecule has 1 saturated heterocycles. The number of aliphatic hydroxyl groups is 1. The van der Waals surface area contributed by atoms with Crippen LogP contribution < -0.4 is 0 Å². The maximum atomic E-state index is 7.00. The smallest absolute Gasteiger partial charge is 0.0674 e. The summed E-state index contributed by atoms with van der Waals surface area (Å²) in [7, 11) is 3.12. The number of nitrogens with zero attached hydrogens (tertiary/aromatic N) is 1. The van der Waals surface area contributed by atoms with Gasteiger partial charge in [-0.2, -0.15) is 0 Å². The van der Waals surface area contributed by atoms with Gasteiger partial charge in [0.2, 0.25) is 0 Å². The quantitative estimate of drug-likeness (QED) is 0.521. The molecule has 0 aromatic carbocycles. The van der Waals surface area contributed by atoms with Crippen molar-refractivity contribution >= 4 is 0 Å². The van der Waals surface area contributed by atoms with Crippen molar-refractivity contribution in [1.82, 2.24) is 4.90 Å². The first-order valence-corrected chi connectivity index (χ1v) is 3.54. The Bertz CT molecular complexity index is 70.0. The highest BCUT2D eigenvalue weighted by atomic mass is 16.5. The first kappa shape index (κ1) is 9.88. The second kappa shape index (κ2) is 5.65. The van der Waals surface area contributed by atoms with Crippen LogP contribution >= 0.6 is 0 Å². The minimum Gasteiger partial charge on any atom is -0.400 e. The molecule has 1 aliphatic rings. The maximum absolute atomic E-state index is 7.00. The number of ether oxygens (including phenoxy) is 1. The van der Waals surface area contributed by atoms with E-state index in [1.807, 2.05) is 0 Å². The summed E-state index contributed by atoms with van der Waals surface area (Å²) >= 11 is 0. The van der Waals surface area contributed by atoms with Crippen LogP contribution in [0.3, 0.4) is 0 Å². The van der Waals surface area contributed by atoms with Crippen LogP contribution in [0.4, 0.5) is 0 Å². The van der Waals surface area contributed by atoms with E-state index in [1.165, 1.54) is 0 Å². The van der Waals surface area contributed by atoms with E-state index in [0.717, 1.165) is 26.8 Å². The summed E-state index contributed by atoms with van der Waals surface area (Å²) in [6.07, 6.45) is 0.439.